The second kappa shape index (κ2) is 4.91. The van der Waals surface area contributed by atoms with Gasteiger partial charge in [0.05, 0.1) is 0 Å². The summed E-state index contributed by atoms with van der Waals surface area (Å²) in [7, 11) is 0. The average Bonchev–Trinajstić information content (AvgIpc) is 3.16. The first-order valence-corrected chi connectivity index (χ1v) is 8.12. The maximum absolute atomic E-state index is 6.06. The molecule has 0 amide bonds. The maximum Gasteiger partial charge on any atom is 0.304 e. The molecule has 5 rings (SSSR count). The van der Waals surface area contributed by atoms with Crippen molar-refractivity contribution in [1.82, 2.24) is 9.78 Å². The molecule has 2 heterocycles. The Morgan fingerprint density at radius 2 is 1.96 bits per heavy atom. The molecule has 0 unspecified atom stereocenters. The number of fused-ring (bicyclic) bond motifs is 5. The number of rotatable bonds is 1. The lowest BCUT2D eigenvalue weighted by molar-refractivity contribution is -0.739. The summed E-state index contributed by atoms with van der Waals surface area (Å²) in [6.45, 7) is 0.551. The van der Waals surface area contributed by atoms with E-state index in [2.05, 4.69) is 35.2 Å². The van der Waals surface area contributed by atoms with E-state index in [4.69, 9.17) is 21.4 Å². The molecule has 2 atom stereocenters. The van der Waals surface area contributed by atoms with Crippen LogP contribution in [-0.4, -0.2) is 15.9 Å². The van der Waals surface area contributed by atoms with Gasteiger partial charge in [0, 0.05) is 16.5 Å². The molecule has 23 heavy (non-hydrogen) atoms. The number of halogens is 1. The first-order valence-electron chi connectivity index (χ1n) is 7.74. The Morgan fingerprint density at radius 1 is 1.13 bits per heavy atom. The molecule has 0 fully saturated rings. The van der Waals surface area contributed by atoms with Gasteiger partial charge in [-0.3, -0.25) is 0 Å². The van der Waals surface area contributed by atoms with Gasteiger partial charge in [-0.2, -0.15) is 0 Å². The zero-order valence-electron chi connectivity index (χ0n) is 12.4. The van der Waals surface area contributed by atoms with Crippen LogP contribution in [0, 0.1) is 0 Å². The first kappa shape index (κ1) is 13.3. The number of benzene rings is 2. The molecular weight excluding hydrogens is 310 g/mol. The Kier molecular flexibility index (Phi) is 2.84. The van der Waals surface area contributed by atoms with Crippen molar-refractivity contribution in [3.05, 3.63) is 76.8 Å². The molecular formula is C18H15ClN3O+. The molecule has 1 aliphatic carbocycles. The van der Waals surface area contributed by atoms with E-state index < -0.39 is 0 Å². The lowest BCUT2D eigenvalue weighted by Crippen LogP contribution is -2.51. The largest absolute Gasteiger partial charge is 0.363 e. The van der Waals surface area contributed by atoms with Crippen molar-refractivity contribution >= 4 is 11.6 Å². The van der Waals surface area contributed by atoms with Crippen molar-refractivity contribution in [2.24, 2.45) is 0 Å². The average molecular weight is 325 g/mol. The molecule has 1 aromatic heterocycles. The van der Waals surface area contributed by atoms with Crippen LogP contribution < -0.4 is 4.57 Å². The normalized spacial score (nSPS) is 21.6. The fraction of sp³-hybridized carbons (Fsp3) is 0.222. The molecule has 4 nitrogen and oxygen atoms in total. The standard InChI is InChI=1S/C18H15ClN3O/c19-13-5-7-14(8-6-13)22-11-21-17(20-22)10-23-16-9-12-3-1-2-4-15(12)18(16)21/h1-8,11,16,18H,9-10H2/q+1/t16-,18+/m1/s1. The van der Waals surface area contributed by atoms with E-state index >= 15 is 0 Å². The van der Waals surface area contributed by atoms with E-state index in [1.165, 1.54) is 11.1 Å². The van der Waals surface area contributed by atoms with Crippen LogP contribution in [0.2, 0.25) is 5.02 Å². The smallest absolute Gasteiger partial charge is 0.304 e. The van der Waals surface area contributed by atoms with Gasteiger partial charge in [0.1, 0.15) is 24.4 Å². The highest BCUT2D eigenvalue weighted by Crippen LogP contribution is 2.35. The number of ether oxygens (including phenoxy) is 1. The maximum atomic E-state index is 6.06. The Hall–Kier alpha value is -2.17. The van der Waals surface area contributed by atoms with Gasteiger partial charge in [-0.15, -0.1) is 0 Å². The predicted octanol–water partition coefficient (Wildman–Crippen LogP) is 2.86. The van der Waals surface area contributed by atoms with E-state index in [0.29, 0.717) is 6.61 Å². The summed E-state index contributed by atoms with van der Waals surface area (Å²) in [5.74, 6) is 0.956. The van der Waals surface area contributed by atoms with Gasteiger partial charge >= 0.3 is 5.82 Å². The molecule has 3 aromatic rings. The fourth-order valence-electron chi connectivity index (χ4n) is 3.64. The van der Waals surface area contributed by atoms with E-state index in [-0.39, 0.29) is 12.1 Å². The molecule has 1 aliphatic heterocycles. The number of hydrogen-bond acceptors (Lipinski definition) is 2. The van der Waals surface area contributed by atoms with Gasteiger partial charge in [0.25, 0.3) is 0 Å². The van der Waals surface area contributed by atoms with E-state index in [1.54, 1.807) is 0 Å². The Balaban J connectivity index is 1.61. The third-order valence-electron chi connectivity index (χ3n) is 4.72. The van der Waals surface area contributed by atoms with Gasteiger partial charge in [0.15, 0.2) is 0 Å². The highest BCUT2D eigenvalue weighted by atomic mass is 35.5. The highest BCUT2D eigenvalue weighted by Gasteiger charge is 2.43. The summed E-state index contributed by atoms with van der Waals surface area (Å²) in [5, 5.41) is 5.42. The number of nitrogens with zero attached hydrogens (tertiary/aromatic N) is 3. The summed E-state index contributed by atoms with van der Waals surface area (Å²) in [6, 6.07) is 16.5. The van der Waals surface area contributed by atoms with Crippen LogP contribution in [0.25, 0.3) is 5.69 Å². The van der Waals surface area contributed by atoms with Gasteiger partial charge in [-0.05, 0) is 35.4 Å². The molecule has 0 bridgehead atoms. The summed E-state index contributed by atoms with van der Waals surface area (Å²) >= 11 is 5.97. The molecule has 0 saturated heterocycles. The molecule has 2 aromatic carbocycles. The molecule has 0 saturated carbocycles. The molecule has 2 aliphatic rings. The third kappa shape index (κ3) is 2.02. The lowest BCUT2D eigenvalue weighted by atomic mass is 10.1. The van der Waals surface area contributed by atoms with Crippen molar-refractivity contribution in [1.29, 1.82) is 0 Å². The third-order valence-corrected chi connectivity index (χ3v) is 4.97. The lowest BCUT2D eigenvalue weighted by Gasteiger charge is -2.23. The second-order valence-corrected chi connectivity index (χ2v) is 6.49. The van der Waals surface area contributed by atoms with Gasteiger partial charge < -0.3 is 4.74 Å². The van der Waals surface area contributed by atoms with E-state index in [1.807, 2.05) is 28.9 Å². The van der Waals surface area contributed by atoms with Crippen molar-refractivity contribution in [3.63, 3.8) is 0 Å². The van der Waals surface area contributed by atoms with Gasteiger partial charge in [-0.25, -0.2) is 4.57 Å². The summed E-state index contributed by atoms with van der Waals surface area (Å²) in [6.07, 6.45) is 3.24. The van der Waals surface area contributed by atoms with Crippen molar-refractivity contribution in [2.45, 2.75) is 25.2 Å². The minimum absolute atomic E-state index is 0.202. The van der Waals surface area contributed by atoms with Crippen LogP contribution in [0.15, 0.2) is 54.9 Å². The monoisotopic (exact) mass is 324 g/mol. The number of aromatic nitrogens is 3. The zero-order chi connectivity index (χ0) is 15.4. The molecule has 5 heteroatoms. The zero-order valence-corrected chi connectivity index (χ0v) is 13.1. The van der Waals surface area contributed by atoms with Crippen LogP contribution in [-0.2, 0) is 17.8 Å². The Labute approximate surface area is 138 Å². The van der Waals surface area contributed by atoms with Crippen LogP contribution in [0.3, 0.4) is 0 Å². The van der Waals surface area contributed by atoms with Gasteiger partial charge in [-0.1, -0.05) is 40.5 Å². The van der Waals surface area contributed by atoms with Crippen LogP contribution in [0.5, 0.6) is 0 Å². The van der Waals surface area contributed by atoms with E-state index in [0.717, 1.165) is 23.0 Å². The molecule has 0 radical (unpaired) electrons. The minimum Gasteiger partial charge on any atom is -0.363 e. The summed E-state index contributed by atoms with van der Waals surface area (Å²) in [4.78, 5) is 0. The summed E-state index contributed by atoms with van der Waals surface area (Å²) < 4.78 is 10.2. The predicted molar refractivity (Wildman–Crippen MR) is 85.6 cm³/mol. The molecule has 0 spiro atoms. The molecule has 0 N–H and O–H groups in total. The van der Waals surface area contributed by atoms with Gasteiger partial charge in [0.2, 0.25) is 6.33 Å². The number of hydrogen-bond donors (Lipinski definition) is 0. The first-order chi connectivity index (χ1) is 11.3. The Bertz CT molecular complexity index is 888. The quantitative estimate of drug-likeness (QED) is 0.644. The van der Waals surface area contributed by atoms with Crippen LogP contribution in [0.1, 0.15) is 23.0 Å². The highest BCUT2D eigenvalue weighted by molar-refractivity contribution is 6.30. The Morgan fingerprint density at radius 3 is 2.83 bits per heavy atom. The minimum atomic E-state index is 0.202. The SMILES string of the molecule is Clc1ccc(-n2c[n+]3c(n2)CO[C@@H]2Cc4ccccc4[C@@H]23)cc1. The molecule has 114 valence electrons. The summed E-state index contributed by atoms with van der Waals surface area (Å²) in [5.41, 5.74) is 3.72. The topological polar surface area (TPSA) is 30.9 Å². The van der Waals surface area contributed by atoms with Crippen molar-refractivity contribution in [2.75, 3.05) is 0 Å². The van der Waals surface area contributed by atoms with Crippen LogP contribution in [0.4, 0.5) is 0 Å². The van der Waals surface area contributed by atoms with Crippen LogP contribution >= 0.6 is 11.6 Å². The van der Waals surface area contributed by atoms with E-state index in [9.17, 15) is 0 Å². The second-order valence-electron chi connectivity index (χ2n) is 6.06. The van der Waals surface area contributed by atoms with Crippen molar-refractivity contribution in [3.8, 4) is 5.69 Å². The van der Waals surface area contributed by atoms with Crippen molar-refractivity contribution < 1.29 is 9.30 Å². The fourth-order valence-corrected chi connectivity index (χ4v) is 3.76.